The van der Waals surface area contributed by atoms with Gasteiger partial charge in [0.15, 0.2) is 0 Å². The zero-order valence-corrected chi connectivity index (χ0v) is 49.8. The van der Waals surface area contributed by atoms with Gasteiger partial charge in [0.25, 0.3) is 0 Å². The summed E-state index contributed by atoms with van der Waals surface area (Å²) in [6, 6.07) is -0.907. The van der Waals surface area contributed by atoms with Crippen molar-refractivity contribution in [3.8, 4) is 0 Å². The summed E-state index contributed by atoms with van der Waals surface area (Å²) in [7, 11) is 1.41. The van der Waals surface area contributed by atoms with Crippen LogP contribution in [0, 0.1) is 0 Å². The van der Waals surface area contributed by atoms with Crippen molar-refractivity contribution in [2.45, 2.75) is 219 Å². The van der Waals surface area contributed by atoms with Crippen LogP contribution in [0.5, 0.6) is 0 Å². The molecule has 0 aliphatic rings. The molecule has 0 rings (SSSR count). The van der Waals surface area contributed by atoms with Crippen molar-refractivity contribution in [2.75, 3.05) is 40.9 Å². The summed E-state index contributed by atoms with van der Waals surface area (Å²) in [6.45, 7) is 6.67. The number of allylic oxidation sites excluding steroid dienone is 23. The lowest BCUT2D eigenvalue weighted by Crippen LogP contribution is -2.47. The first-order valence-corrected chi connectivity index (χ1v) is 31.2. The van der Waals surface area contributed by atoms with E-state index in [1.165, 1.54) is 51.4 Å². The second-order valence-corrected chi connectivity index (χ2v) is 21.9. The zero-order chi connectivity index (χ0) is 55.7. The Morgan fingerprint density at radius 1 is 0.474 bits per heavy atom. The summed E-state index contributed by atoms with van der Waals surface area (Å²) < 4.78 is 30.5. The normalized spacial score (nSPS) is 14.8. The third kappa shape index (κ3) is 54.7. The number of rotatable bonds is 51. The fraction of sp³-hybridized carbons (Fsp3) is 0.606. The fourth-order valence-corrected chi connectivity index (χ4v) is 8.26. The first-order valence-electron chi connectivity index (χ1n) is 29.7. The van der Waals surface area contributed by atoms with Gasteiger partial charge >= 0.3 is 13.8 Å². The quantitative estimate of drug-likeness (QED) is 0.0205. The van der Waals surface area contributed by atoms with Gasteiger partial charge in [-0.2, -0.15) is 0 Å². The highest BCUT2D eigenvalue weighted by atomic mass is 31.2. The number of carbonyl (C=O) groups excluding carboxylic acids is 2. The lowest BCUT2D eigenvalue weighted by molar-refractivity contribution is -0.870. The molecule has 430 valence electrons. The number of phosphoric ester groups is 1. The Balaban J connectivity index is 5.51. The Morgan fingerprint density at radius 3 is 1.29 bits per heavy atom. The summed E-state index contributed by atoms with van der Waals surface area (Å²) >= 11 is 0. The van der Waals surface area contributed by atoms with Gasteiger partial charge in [0, 0.05) is 12.8 Å². The topological polar surface area (TPSA) is 111 Å². The molecule has 3 unspecified atom stereocenters. The maximum Gasteiger partial charge on any atom is 0.472 e. The molecule has 0 spiro atoms. The van der Waals surface area contributed by atoms with Gasteiger partial charge in [0.2, 0.25) is 5.91 Å². The van der Waals surface area contributed by atoms with Crippen LogP contribution in [0.15, 0.2) is 146 Å². The number of phosphoric acid groups is 1. The number of carbonyl (C=O) groups is 2. The van der Waals surface area contributed by atoms with Crippen molar-refractivity contribution in [3.63, 3.8) is 0 Å². The molecular formula is C66H110N2O7P+. The largest absolute Gasteiger partial charge is 0.472 e. The van der Waals surface area contributed by atoms with Crippen molar-refractivity contribution >= 4 is 19.7 Å². The standard InChI is InChI=1S/C66H109N2O7P/c1-7-10-13-16-19-22-25-28-30-32-34-36-38-40-43-46-49-52-55-58-65(69)67-63(62-74-76(71,72)73-61-60-68(4,5)6)64(57-54-51-48-45-42-27-24-21-18-15-12-9-3)75-66(70)59-56-53-50-47-44-41-39-37-35-33-31-29-26-23-20-17-14-11-8-2/h10-11,13-14,19-20,22-23,28-31,34-37,40-41,43-44,50,53-54,57,63-64H,7-9,12,15-18,21,24-27,32-33,38-39,42,45-49,51-52,55-56,58-62H2,1-6H3,(H-,67,69,71,72)/p+1/b13-10-,14-11-,22-19-,23-20-,30-28-,31-29-,36-34-,37-35-,43-40-,44-41-,53-50-,57-54+. The maximum absolute atomic E-state index is 13.5. The molecule has 0 aromatic heterocycles. The number of hydrogen-bond acceptors (Lipinski definition) is 6. The van der Waals surface area contributed by atoms with E-state index in [-0.39, 0.29) is 32.0 Å². The molecule has 2 N–H and O–H groups in total. The van der Waals surface area contributed by atoms with Crippen LogP contribution >= 0.6 is 7.82 Å². The van der Waals surface area contributed by atoms with Gasteiger partial charge in [-0.3, -0.25) is 18.6 Å². The number of likely N-dealkylation sites (N-methyl/N-ethyl adjacent to an activating group) is 1. The first kappa shape index (κ1) is 71.9. The molecule has 0 aliphatic carbocycles. The SMILES string of the molecule is CC/C=C\C/C=C\C/C=C\C/C=C\C/C=C\C/C=C\CCC(=O)OC(/C=C/CCCCCCCCCCCC)C(COP(=O)(O)OCC[N+](C)(C)C)NC(=O)CCCCC/C=C\C/C=C\C/C=C\C/C=C\C/C=C\CC. The molecule has 0 saturated carbocycles. The second-order valence-electron chi connectivity index (χ2n) is 20.4. The van der Waals surface area contributed by atoms with Crippen LogP contribution in [-0.4, -0.2) is 74.3 Å². The number of quaternary nitrogens is 1. The van der Waals surface area contributed by atoms with Crippen molar-refractivity contribution in [2.24, 2.45) is 0 Å². The number of nitrogens with zero attached hydrogens (tertiary/aromatic N) is 1. The summed E-state index contributed by atoms with van der Waals surface area (Å²) in [4.78, 5) is 37.6. The molecule has 9 nitrogen and oxygen atoms in total. The third-order valence-electron chi connectivity index (χ3n) is 12.0. The van der Waals surface area contributed by atoms with Gasteiger partial charge in [-0.25, -0.2) is 4.57 Å². The van der Waals surface area contributed by atoms with Crippen LogP contribution in [0.1, 0.15) is 207 Å². The maximum atomic E-state index is 13.5. The Labute approximate surface area is 466 Å². The van der Waals surface area contributed by atoms with Crippen LogP contribution in [0.3, 0.4) is 0 Å². The predicted molar refractivity (Wildman–Crippen MR) is 327 cm³/mol. The average molecular weight is 1070 g/mol. The number of hydrogen-bond donors (Lipinski definition) is 2. The number of amides is 1. The van der Waals surface area contributed by atoms with Crippen molar-refractivity contribution < 1.29 is 37.3 Å². The lowest BCUT2D eigenvalue weighted by atomic mass is 10.1. The minimum Gasteiger partial charge on any atom is -0.456 e. The van der Waals surface area contributed by atoms with Crippen molar-refractivity contribution in [1.29, 1.82) is 0 Å². The van der Waals surface area contributed by atoms with Gasteiger partial charge in [0.05, 0.1) is 33.8 Å². The van der Waals surface area contributed by atoms with Crippen LogP contribution in [0.2, 0.25) is 0 Å². The Hall–Kier alpha value is -4.11. The van der Waals surface area contributed by atoms with Gasteiger partial charge < -0.3 is 19.4 Å². The number of nitrogens with one attached hydrogen (secondary N) is 1. The smallest absolute Gasteiger partial charge is 0.456 e. The van der Waals surface area contributed by atoms with Crippen LogP contribution in [-0.2, 0) is 27.9 Å². The molecule has 0 aromatic carbocycles. The molecule has 0 heterocycles. The fourth-order valence-electron chi connectivity index (χ4n) is 7.52. The highest BCUT2D eigenvalue weighted by Crippen LogP contribution is 2.43. The van der Waals surface area contributed by atoms with E-state index in [0.29, 0.717) is 23.9 Å². The van der Waals surface area contributed by atoms with Crippen LogP contribution < -0.4 is 5.32 Å². The van der Waals surface area contributed by atoms with E-state index in [4.69, 9.17) is 13.8 Å². The molecular weight excluding hydrogens is 964 g/mol. The number of esters is 1. The van der Waals surface area contributed by atoms with Gasteiger partial charge in [-0.15, -0.1) is 0 Å². The molecule has 0 saturated heterocycles. The van der Waals surface area contributed by atoms with E-state index in [1.54, 1.807) is 0 Å². The Bertz CT molecular complexity index is 1810. The summed E-state index contributed by atoms with van der Waals surface area (Å²) in [5.74, 6) is -0.655. The van der Waals surface area contributed by atoms with E-state index < -0.39 is 25.9 Å². The van der Waals surface area contributed by atoms with Crippen molar-refractivity contribution in [1.82, 2.24) is 5.32 Å². The molecule has 0 radical (unpaired) electrons. The highest BCUT2D eigenvalue weighted by Gasteiger charge is 2.30. The van der Waals surface area contributed by atoms with Crippen LogP contribution in [0.4, 0.5) is 0 Å². The second kappa shape index (κ2) is 54.3. The molecule has 1 amide bonds. The number of ether oxygens (including phenoxy) is 1. The average Bonchev–Trinajstić information content (AvgIpc) is 3.38. The monoisotopic (exact) mass is 1070 g/mol. The van der Waals surface area contributed by atoms with Gasteiger partial charge in [-0.05, 0) is 115 Å². The molecule has 0 bridgehead atoms. The predicted octanol–water partition coefficient (Wildman–Crippen LogP) is 18.3. The molecule has 0 aliphatic heterocycles. The van der Waals surface area contributed by atoms with Crippen molar-refractivity contribution in [3.05, 3.63) is 146 Å². The van der Waals surface area contributed by atoms with E-state index in [9.17, 15) is 19.0 Å². The molecule has 3 atom stereocenters. The summed E-state index contributed by atoms with van der Waals surface area (Å²) in [5, 5.41) is 3.01. The van der Waals surface area contributed by atoms with Gasteiger partial charge in [-0.1, -0.05) is 225 Å². The van der Waals surface area contributed by atoms with Crippen LogP contribution in [0.25, 0.3) is 0 Å². The molecule has 10 heteroatoms. The molecule has 0 aromatic rings. The van der Waals surface area contributed by atoms with E-state index >= 15 is 0 Å². The van der Waals surface area contributed by atoms with E-state index in [2.05, 4.69) is 148 Å². The summed E-state index contributed by atoms with van der Waals surface area (Å²) in [5.41, 5.74) is 0. The van der Waals surface area contributed by atoms with Gasteiger partial charge in [0.1, 0.15) is 19.3 Å². The number of unbranched alkanes of at least 4 members (excludes halogenated alkanes) is 13. The Kier molecular flexibility index (Phi) is 51.3. The first-order chi connectivity index (χ1) is 36.9. The van der Waals surface area contributed by atoms with E-state index in [0.717, 1.165) is 109 Å². The van der Waals surface area contributed by atoms with E-state index in [1.807, 2.05) is 45.4 Å². The Morgan fingerprint density at radius 2 is 0.855 bits per heavy atom. The minimum absolute atomic E-state index is 0.0136. The summed E-state index contributed by atoms with van der Waals surface area (Å²) in [6.07, 6.45) is 78.6. The third-order valence-corrected chi connectivity index (χ3v) is 13.0. The minimum atomic E-state index is -4.48. The zero-order valence-electron chi connectivity index (χ0n) is 48.9. The highest BCUT2D eigenvalue weighted by molar-refractivity contribution is 7.47. The lowest BCUT2D eigenvalue weighted by Gasteiger charge is -2.27. The molecule has 76 heavy (non-hydrogen) atoms. The molecule has 0 fully saturated rings.